The summed E-state index contributed by atoms with van der Waals surface area (Å²) in [6, 6.07) is 28.2. The first-order valence-corrected chi connectivity index (χ1v) is 10.6. The molecule has 0 radical (unpaired) electrons. The van der Waals surface area contributed by atoms with E-state index in [0.29, 0.717) is 10.7 Å². The Morgan fingerprint density at radius 2 is 1.00 bits per heavy atom. The van der Waals surface area contributed by atoms with E-state index < -0.39 is 0 Å². The number of aromatic hydroxyl groups is 3. The molecule has 0 atom stereocenters. The third-order valence-electron chi connectivity index (χ3n) is 5.39. The SMILES string of the molecule is Oc1ccc(-c2nn(-c3ccc(Cl)cc3)c(-c3ccc(O)cc3)c2-c2ccc(O)cc2)cc1. The Morgan fingerprint density at radius 1 is 0.545 bits per heavy atom. The van der Waals surface area contributed by atoms with Crippen LogP contribution in [0.25, 0.3) is 39.3 Å². The third kappa shape index (κ3) is 4.02. The van der Waals surface area contributed by atoms with Crippen LogP contribution in [-0.4, -0.2) is 25.1 Å². The molecule has 0 saturated carbocycles. The Labute approximate surface area is 195 Å². The molecule has 4 aromatic carbocycles. The summed E-state index contributed by atoms with van der Waals surface area (Å²) >= 11 is 6.13. The number of phenols is 3. The van der Waals surface area contributed by atoms with Gasteiger partial charge in [-0.2, -0.15) is 5.10 Å². The Kier molecular flexibility index (Phi) is 5.24. The van der Waals surface area contributed by atoms with Crippen LogP contribution < -0.4 is 0 Å². The van der Waals surface area contributed by atoms with Crippen molar-refractivity contribution >= 4 is 11.6 Å². The van der Waals surface area contributed by atoms with E-state index in [2.05, 4.69) is 0 Å². The molecular weight excluding hydrogens is 436 g/mol. The van der Waals surface area contributed by atoms with Crippen LogP contribution in [0.2, 0.25) is 5.02 Å². The van der Waals surface area contributed by atoms with Gasteiger partial charge in [-0.15, -0.1) is 0 Å². The highest BCUT2D eigenvalue weighted by molar-refractivity contribution is 6.30. The maximum atomic E-state index is 9.86. The first-order chi connectivity index (χ1) is 16.0. The summed E-state index contributed by atoms with van der Waals surface area (Å²) in [7, 11) is 0. The van der Waals surface area contributed by atoms with Crippen LogP contribution in [0, 0.1) is 0 Å². The minimum atomic E-state index is 0.167. The van der Waals surface area contributed by atoms with Crippen molar-refractivity contribution in [1.29, 1.82) is 0 Å². The molecule has 33 heavy (non-hydrogen) atoms. The number of nitrogens with zero attached hydrogens (tertiary/aromatic N) is 2. The molecule has 0 amide bonds. The van der Waals surface area contributed by atoms with Crippen LogP contribution in [0.5, 0.6) is 17.2 Å². The van der Waals surface area contributed by atoms with Gasteiger partial charge in [0.15, 0.2) is 0 Å². The van der Waals surface area contributed by atoms with Gasteiger partial charge in [-0.1, -0.05) is 23.7 Å². The van der Waals surface area contributed by atoms with Crippen molar-refractivity contribution < 1.29 is 15.3 Å². The molecule has 1 aromatic heterocycles. The lowest BCUT2D eigenvalue weighted by atomic mass is 9.95. The van der Waals surface area contributed by atoms with Crippen LogP contribution in [0.4, 0.5) is 0 Å². The molecule has 162 valence electrons. The van der Waals surface area contributed by atoms with E-state index in [0.717, 1.165) is 33.6 Å². The molecule has 5 aromatic rings. The number of hydrogen-bond acceptors (Lipinski definition) is 4. The molecule has 0 aliphatic heterocycles. The quantitative estimate of drug-likeness (QED) is 0.284. The zero-order valence-corrected chi connectivity index (χ0v) is 18.1. The monoisotopic (exact) mass is 454 g/mol. The highest BCUT2D eigenvalue weighted by Crippen LogP contribution is 2.42. The summed E-state index contributed by atoms with van der Waals surface area (Å²) in [5.41, 5.74) is 5.71. The lowest BCUT2D eigenvalue weighted by molar-refractivity contribution is 0.475. The maximum Gasteiger partial charge on any atom is 0.115 e. The van der Waals surface area contributed by atoms with Crippen LogP contribution in [0.15, 0.2) is 97.1 Å². The van der Waals surface area contributed by atoms with Crippen molar-refractivity contribution in [3.63, 3.8) is 0 Å². The molecule has 0 aliphatic carbocycles. The van der Waals surface area contributed by atoms with Gasteiger partial charge in [0.1, 0.15) is 22.9 Å². The molecule has 5 rings (SSSR count). The normalized spacial score (nSPS) is 10.9. The molecule has 0 aliphatic rings. The topological polar surface area (TPSA) is 78.5 Å². The molecule has 3 N–H and O–H groups in total. The predicted octanol–water partition coefficient (Wildman–Crippen LogP) is 6.64. The smallest absolute Gasteiger partial charge is 0.115 e. The fourth-order valence-electron chi connectivity index (χ4n) is 3.80. The van der Waals surface area contributed by atoms with Crippen LogP contribution in [-0.2, 0) is 0 Å². The third-order valence-corrected chi connectivity index (χ3v) is 5.65. The fraction of sp³-hybridized carbons (Fsp3) is 0. The van der Waals surface area contributed by atoms with E-state index in [4.69, 9.17) is 16.7 Å². The number of hydrogen-bond donors (Lipinski definition) is 3. The fourth-order valence-corrected chi connectivity index (χ4v) is 3.92. The van der Waals surface area contributed by atoms with E-state index in [1.807, 2.05) is 53.2 Å². The van der Waals surface area contributed by atoms with Gasteiger partial charge in [0.25, 0.3) is 0 Å². The summed E-state index contributed by atoms with van der Waals surface area (Å²) in [6.45, 7) is 0. The molecule has 0 saturated heterocycles. The number of aromatic nitrogens is 2. The van der Waals surface area contributed by atoms with Crippen LogP contribution >= 0.6 is 11.6 Å². The van der Waals surface area contributed by atoms with Gasteiger partial charge in [-0.05, 0) is 90.5 Å². The highest BCUT2D eigenvalue weighted by Gasteiger charge is 2.23. The number of phenolic OH excluding ortho intramolecular Hbond substituents is 3. The van der Waals surface area contributed by atoms with Crippen molar-refractivity contribution in [2.45, 2.75) is 0 Å². The van der Waals surface area contributed by atoms with E-state index in [-0.39, 0.29) is 17.2 Å². The zero-order chi connectivity index (χ0) is 22.9. The summed E-state index contributed by atoms with van der Waals surface area (Å²) in [5, 5.41) is 35.1. The largest absolute Gasteiger partial charge is 0.508 e. The van der Waals surface area contributed by atoms with Crippen molar-refractivity contribution in [2.24, 2.45) is 0 Å². The Balaban J connectivity index is 1.86. The molecule has 0 bridgehead atoms. The predicted molar refractivity (Wildman–Crippen MR) is 130 cm³/mol. The average Bonchev–Trinajstić information content (AvgIpc) is 3.21. The van der Waals surface area contributed by atoms with E-state index in [9.17, 15) is 15.3 Å². The minimum Gasteiger partial charge on any atom is -0.508 e. The average molecular weight is 455 g/mol. The highest BCUT2D eigenvalue weighted by atomic mass is 35.5. The van der Waals surface area contributed by atoms with E-state index in [1.54, 1.807) is 48.5 Å². The standard InChI is InChI=1S/C27H19ClN2O3/c28-20-7-9-21(10-8-20)30-27(19-5-15-24(33)16-6-19)25(17-1-11-22(31)12-2-17)26(29-30)18-3-13-23(32)14-4-18/h1-16,31-33H. The van der Waals surface area contributed by atoms with Crippen molar-refractivity contribution in [1.82, 2.24) is 9.78 Å². The van der Waals surface area contributed by atoms with Gasteiger partial charge in [0.05, 0.1) is 11.4 Å². The second-order valence-corrected chi connectivity index (χ2v) is 8.04. The Morgan fingerprint density at radius 3 is 1.52 bits per heavy atom. The van der Waals surface area contributed by atoms with Crippen molar-refractivity contribution in [3.8, 4) is 56.6 Å². The Bertz CT molecular complexity index is 1300. The van der Waals surface area contributed by atoms with Crippen LogP contribution in [0.1, 0.15) is 0 Å². The first-order valence-electron chi connectivity index (χ1n) is 10.3. The zero-order valence-electron chi connectivity index (χ0n) is 17.4. The molecule has 0 fully saturated rings. The van der Waals surface area contributed by atoms with Gasteiger partial charge < -0.3 is 15.3 Å². The van der Waals surface area contributed by atoms with E-state index in [1.165, 1.54) is 0 Å². The molecule has 1 heterocycles. The molecular formula is C27H19ClN2O3. The Hall–Kier alpha value is -4.22. The lowest BCUT2D eigenvalue weighted by Crippen LogP contribution is -1.99. The van der Waals surface area contributed by atoms with Gasteiger partial charge in [0, 0.05) is 21.7 Å². The number of halogens is 1. The van der Waals surface area contributed by atoms with Crippen molar-refractivity contribution in [3.05, 3.63) is 102 Å². The second-order valence-electron chi connectivity index (χ2n) is 7.60. The first kappa shape index (κ1) is 20.7. The summed E-state index contributed by atoms with van der Waals surface area (Å²) < 4.78 is 1.84. The number of rotatable bonds is 4. The minimum absolute atomic E-state index is 0.167. The van der Waals surface area contributed by atoms with Gasteiger partial charge >= 0.3 is 0 Å². The van der Waals surface area contributed by atoms with Crippen LogP contribution in [0.3, 0.4) is 0 Å². The molecule has 0 unspecified atom stereocenters. The summed E-state index contributed by atoms with van der Waals surface area (Å²) in [5.74, 6) is 0.503. The second kappa shape index (κ2) is 8.37. The summed E-state index contributed by atoms with van der Waals surface area (Å²) in [4.78, 5) is 0. The molecule has 0 spiro atoms. The lowest BCUT2D eigenvalue weighted by Gasteiger charge is -2.11. The van der Waals surface area contributed by atoms with E-state index >= 15 is 0 Å². The molecule has 5 nitrogen and oxygen atoms in total. The van der Waals surface area contributed by atoms with Gasteiger partial charge in [0.2, 0.25) is 0 Å². The maximum absolute atomic E-state index is 9.86. The van der Waals surface area contributed by atoms with Crippen molar-refractivity contribution in [2.75, 3.05) is 0 Å². The molecule has 6 heteroatoms. The summed E-state index contributed by atoms with van der Waals surface area (Å²) in [6.07, 6.45) is 0. The number of benzene rings is 4. The van der Waals surface area contributed by atoms with Gasteiger partial charge in [-0.25, -0.2) is 4.68 Å². The van der Waals surface area contributed by atoms with Gasteiger partial charge in [-0.3, -0.25) is 0 Å².